The van der Waals surface area contributed by atoms with Crippen LogP contribution in [0.2, 0.25) is 0 Å². The molecule has 10 heteroatoms. The number of ether oxygens (including phenoxy) is 1. The van der Waals surface area contributed by atoms with Gasteiger partial charge in [-0.25, -0.2) is 4.98 Å². The van der Waals surface area contributed by atoms with E-state index in [1.807, 2.05) is 36.1 Å². The Hall–Kier alpha value is -4.47. The van der Waals surface area contributed by atoms with Crippen LogP contribution in [0.5, 0.6) is 5.75 Å². The lowest BCUT2D eigenvalue weighted by Crippen LogP contribution is -2.49. The first kappa shape index (κ1) is 22.3. The van der Waals surface area contributed by atoms with Crippen LogP contribution in [-0.2, 0) is 6.61 Å². The second-order valence-corrected chi connectivity index (χ2v) is 8.36. The van der Waals surface area contributed by atoms with Crippen molar-refractivity contribution in [3.05, 3.63) is 83.3 Å². The molecule has 0 radical (unpaired) electrons. The Morgan fingerprint density at radius 1 is 1.03 bits per heavy atom. The lowest BCUT2D eigenvalue weighted by molar-refractivity contribution is 0.0746. The molecule has 1 saturated heterocycles. The number of carbonyl (C=O) groups is 2. The summed E-state index contributed by atoms with van der Waals surface area (Å²) < 4.78 is 7.54. The van der Waals surface area contributed by atoms with E-state index in [0.29, 0.717) is 48.8 Å². The van der Waals surface area contributed by atoms with Crippen molar-refractivity contribution < 1.29 is 14.3 Å². The first-order valence-corrected chi connectivity index (χ1v) is 11.3. The lowest BCUT2D eigenvalue weighted by Gasteiger charge is -2.36. The predicted octanol–water partition coefficient (Wildman–Crippen LogP) is 2.07. The number of piperazine rings is 1. The molecule has 1 aliphatic heterocycles. The van der Waals surface area contributed by atoms with Gasteiger partial charge in [0, 0.05) is 43.5 Å². The van der Waals surface area contributed by atoms with Gasteiger partial charge in [-0.3, -0.25) is 9.59 Å². The van der Waals surface area contributed by atoms with Crippen LogP contribution in [-0.4, -0.2) is 62.5 Å². The minimum atomic E-state index is -0.546. The van der Waals surface area contributed by atoms with E-state index in [2.05, 4.69) is 20.0 Å². The Bertz CT molecular complexity index is 1390. The summed E-state index contributed by atoms with van der Waals surface area (Å²) >= 11 is 0. The Balaban J connectivity index is 1.24. The van der Waals surface area contributed by atoms with Gasteiger partial charge in [0.15, 0.2) is 0 Å². The molecular weight excluding hydrogens is 446 g/mol. The van der Waals surface area contributed by atoms with Gasteiger partial charge < -0.3 is 20.3 Å². The van der Waals surface area contributed by atoms with Gasteiger partial charge in [0.1, 0.15) is 24.5 Å². The monoisotopic (exact) mass is 471 g/mol. The quantitative estimate of drug-likeness (QED) is 0.457. The van der Waals surface area contributed by atoms with Crippen molar-refractivity contribution in [2.45, 2.75) is 13.5 Å². The van der Waals surface area contributed by atoms with E-state index in [1.165, 1.54) is 6.33 Å². The maximum absolute atomic E-state index is 13.2. The number of fused-ring (bicyclic) bond motifs is 1. The van der Waals surface area contributed by atoms with Gasteiger partial charge in [0.25, 0.3) is 17.6 Å². The van der Waals surface area contributed by atoms with Crippen LogP contribution in [0.3, 0.4) is 0 Å². The highest BCUT2D eigenvalue weighted by Gasteiger charge is 2.24. The molecule has 0 saturated carbocycles. The smallest absolute Gasteiger partial charge is 0.254 e. The molecule has 2 N–H and O–H groups in total. The van der Waals surface area contributed by atoms with Crippen molar-refractivity contribution in [2.75, 3.05) is 31.1 Å². The van der Waals surface area contributed by atoms with Gasteiger partial charge in [-0.05, 0) is 36.8 Å². The highest BCUT2D eigenvalue weighted by Crippen LogP contribution is 2.21. The Morgan fingerprint density at radius 3 is 2.63 bits per heavy atom. The van der Waals surface area contributed by atoms with Crippen molar-refractivity contribution in [2.24, 2.45) is 5.73 Å². The van der Waals surface area contributed by atoms with Crippen LogP contribution in [0.4, 0.5) is 5.82 Å². The van der Waals surface area contributed by atoms with Crippen LogP contribution < -0.4 is 15.4 Å². The van der Waals surface area contributed by atoms with Crippen LogP contribution in [0.25, 0.3) is 5.78 Å². The number of aromatic nitrogens is 4. The van der Waals surface area contributed by atoms with E-state index in [-0.39, 0.29) is 12.5 Å². The third-order valence-corrected chi connectivity index (χ3v) is 5.97. The molecule has 2 aromatic carbocycles. The fraction of sp³-hybridized carbons (Fsp3) is 0.240. The van der Waals surface area contributed by atoms with Gasteiger partial charge in [-0.2, -0.15) is 14.6 Å². The zero-order valence-corrected chi connectivity index (χ0v) is 19.3. The van der Waals surface area contributed by atoms with Gasteiger partial charge in [0.05, 0.1) is 5.56 Å². The summed E-state index contributed by atoms with van der Waals surface area (Å²) in [5, 5.41) is 4.28. The fourth-order valence-electron chi connectivity index (χ4n) is 4.21. The van der Waals surface area contributed by atoms with Crippen molar-refractivity contribution >= 4 is 23.4 Å². The average molecular weight is 472 g/mol. The maximum Gasteiger partial charge on any atom is 0.254 e. The van der Waals surface area contributed by atoms with E-state index in [1.54, 1.807) is 34.8 Å². The van der Waals surface area contributed by atoms with E-state index < -0.39 is 5.91 Å². The second kappa shape index (κ2) is 9.41. The largest absolute Gasteiger partial charge is 0.488 e. The highest BCUT2D eigenvalue weighted by atomic mass is 16.5. The third-order valence-electron chi connectivity index (χ3n) is 5.97. The lowest BCUT2D eigenvalue weighted by atomic mass is 10.1. The van der Waals surface area contributed by atoms with E-state index in [0.717, 1.165) is 17.1 Å². The molecule has 0 bridgehead atoms. The first-order valence-electron chi connectivity index (χ1n) is 11.3. The minimum absolute atomic E-state index is 0.0270. The first-order chi connectivity index (χ1) is 17.0. The second-order valence-electron chi connectivity index (χ2n) is 8.36. The topological polar surface area (TPSA) is 119 Å². The molecule has 0 aliphatic carbocycles. The normalized spacial score (nSPS) is 13.7. The molecule has 10 nitrogen and oxygen atoms in total. The van der Waals surface area contributed by atoms with E-state index in [4.69, 9.17) is 10.5 Å². The molecular formula is C25H25N7O3. The highest BCUT2D eigenvalue weighted by molar-refractivity contribution is 5.95. The van der Waals surface area contributed by atoms with Gasteiger partial charge in [0.2, 0.25) is 0 Å². The molecule has 178 valence electrons. The van der Waals surface area contributed by atoms with Gasteiger partial charge >= 0.3 is 0 Å². The van der Waals surface area contributed by atoms with E-state index >= 15 is 0 Å². The predicted molar refractivity (Wildman–Crippen MR) is 129 cm³/mol. The zero-order chi connectivity index (χ0) is 24.4. The number of nitrogens with two attached hydrogens (primary N) is 1. The Labute approximate surface area is 202 Å². The van der Waals surface area contributed by atoms with Crippen LogP contribution in [0, 0.1) is 6.92 Å². The molecule has 0 unspecified atom stereocenters. The summed E-state index contributed by atoms with van der Waals surface area (Å²) in [5.41, 5.74) is 8.05. The molecule has 1 fully saturated rings. The van der Waals surface area contributed by atoms with Gasteiger partial charge in [-0.1, -0.05) is 24.3 Å². The molecule has 2 amide bonds. The number of para-hydroxylation sites is 1. The number of amides is 2. The molecule has 0 spiro atoms. The number of primary amides is 1. The Morgan fingerprint density at radius 2 is 1.83 bits per heavy atom. The fourth-order valence-corrected chi connectivity index (χ4v) is 4.21. The summed E-state index contributed by atoms with van der Waals surface area (Å²) in [5.74, 6) is 1.33. The SMILES string of the molecule is Cc1cc(N2CCN(C(=O)c3cccc(COc4ccccc4C(N)=O)c3)CC2)n2ncnc2n1. The standard InChI is InChI=1S/C25H25N7O3/c1-17-13-22(32-25(29-17)27-16-28-32)30-9-11-31(12-10-30)24(34)19-6-4-5-18(14-19)15-35-21-8-3-2-7-20(21)23(26)33/h2-8,13-14,16H,9-12,15H2,1H3,(H2,26,33). The summed E-state index contributed by atoms with van der Waals surface area (Å²) in [6, 6.07) is 16.2. The number of hydrogen-bond acceptors (Lipinski definition) is 7. The van der Waals surface area contributed by atoms with Crippen LogP contribution in [0.15, 0.2) is 60.9 Å². The number of rotatable bonds is 6. The van der Waals surface area contributed by atoms with Crippen LogP contribution in [0.1, 0.15) is 32.0 Å². The summed E-state index contributed by atoms with van der Waals surface area (Å²) in [6.07, 6.45) is 1.49. The number of nitrogens with zero attached hydrogens (tertiary/aromatic N) is 6. The third kappa shape index (κ3) is 4.63. The Kier molecular flexibility index (Phi) is 6.01. The molecule has 1 aliphatic rings. The molecule has 0 atom stereocenters. The van der Waals surface area contributed by atoms with Gasteiger partial charge in [-0.15, -0.1) is 0 Å². The molecule has 3 heterocycles. The summed E-state index contributed by atoms with van der Waals surface area (Å²) in [6.45, 7) is 4.68. The van der Waals surface area contributed by atoms with Crippen molar-refractivity contribution in [3.63, 3.8) is 0 Å². The van der Waals surface area contributed by atoms with Crippen molar-refractivity contribution in [3.8, 4) is 5.75 Å². The van der Waals surface area contributed by atoms with Crippen LogP contribution >= 0.6 is 0 Å². The maximum atomic E-state index is 13.2. The zero-order valence-electron chi connectivity index (χ0n) is 19.3. The number of benzene rings is 2. The number of anilines is 1. The summed E-state index contributed by atoms with van der Waals surface area (Å²) in [7, 11) is 0. The average Bonchev–Trinajstić information content (AvgIpc) is 3.35. The van der Waals surface area contributed by atoms with Crippen molar-refractivity contribution in [1.82, 2.24) is 24.5 Å². The number of hydrogen-bond donors (Lipinski definition) is 1. The molecule has 5 rings (SSSR count). The molecule has 4 aromatic rings. The summed E-state index contributed by atoms with van der Waals surface area (Å²) in [4.78, 5) is 37.4. The van der Waals surface area contributed by atoms with E-state index in [9.17, 15) is 9.59 Å². The van der Waals surface area contributed by atoms with Crippen molar-refractivity contribution in [1.29, 1.82) is 0 Å². The number of carbonyl (C=O) groups excluding carboxylic acids is 2. The minimum Gasteiger partial charge on any atom is -0.488 e. The number of aryl methyl sites for hydroxylation is 1. The molecule has 2 aromatic heterocycles. The molecule has 35 heavy (non-hydrogen) atoms.